The summed E-state index contributed by atoms with van der Waals surface area (Å²) in [7, 11) is 0. The van der Waals surface area contributed by atoms with Gasteiger partial charge in [0.25, 0.3) is 0 Å². The summed E-state index contributed by atoms with van der Waals surface area (Å²) in [5, 5.41) is 9.91. The average molecular weight is 335 g/mol. The zero-order chi connectivity index (χ0) is 17.0. The van der Waals surface area contributed by atoms with E-state index in [9.17, 15) is 4.79 Å². The van der Waals surface area contributed by atoms with Crippen LogP contribution in [-0.4, -0.2) is 36.7 Å². The summed E-state index contributed by atoms with van der Waals surface area (Å²) in [6.45, 7) is 3.80. The van der Waals surface area contributed by atoms with E-state index in [4.69, 9.17) is 0 Å². The van der Waals surface area contributed by atoms with Crippen molar-refractivity contribution >= 4 is 16.8 Å². The molecule has 6 heteroatoms. The molecule has 1 aliphatic carbocycles. The molecule has 0 bridgehead atoms. The molecule has 0 spiro atoms. The smallest absolute Gasteiger partial charge is 0.242 e. The second kappa shape index (κ2) is 5.44. The molecule has 1 amide bonds. The summed E-state index contributed by atoms with van der Waals surface area (Å²) >= 11 is 0. The molecule has 6 nitrogen and oxygen atoms in total. The van der Waals surface area contributed by atoms with Gasteiger partial charge in [-0.25, -0.2) is 0 Å². The lowest BCUT2D eigenvalue weighted by molar-refractivity contribution is -0.133. The van der Waals surface area contributed by atoms with Gasteiger partial charge in [-0.3, -0.25) is 4.79 Å². The van der Waals surface area contributed by atoms with Gasteiger partial charge in [0.1, 0.15) is 12.4 Å². The molecule has 1 fully saturated rings. The maximum atomic E-state index is 12.9. The first-order chi connectivity index (χ1) is 12.2. The molecular formula is C19H21N5O. The first-order valence-corrected chi connectivity index (χ1v) is 8.96. The fourth-order valence-corrected chi connectivity index (χ4v) is 3.90. The highest BCUT2D eigenvalue weighted by Gasteiger charge is 2.35. The van der Waals surface area contributed by atoms with E-state index < -0.39 is 0 Å². The van der Waals surface area contributed by atoms with Gasteiger partial charge in [0, 0.05) is 24.2 Å². The molecule has 0 N–H and O–H groups in total. The van der Waals surface area contributed by atoms with E-state index in [0.29, 0.717) is 19.0 Å². The Morgan fingerprint density at radius 3 is 2.88 bits per heavy atom. The normalized spacial score (nSPS) is 20.0. The molecule has 2 aliphatic rings. The summed E-state index contributed by atoms with van der Waals surface area (Å²) < 4.78 is 4.28. The van der Waals surface area contributed by atoms with E-state index in [2.05, 4.69) is 39.9 Å². The van der Waals surface area contributed by atoms with E-state index in [1.54, 1.807) is 0 Å². The largest absolute Gasteiger partial charge is 0.338 e. The minimum Gasteiger partial charge on any atom is -0.338 e. The van der Waals surface area contributed by atoms with Gasteiger partial charge in [-0.05, 0) is 37.3 Å². The van der Waals surface area contributed by atoms with Crippen LogP contribution in [0.2, 0.25) is 0 Å². The van der Waals surface area contributed by atoms with Crippen molar-refractivity contribution in [3.05, 3.63) is 48.2 Å². The number of carbonyl (C=O) groups is 1. The molecule has 0 saturated heterocycles. The first-order valence-electron chi connectivity index (χ1n) is 8.96. The van der Waals surface area contributed by atoms with Crippen LogP contribution in [0.3, 0.4) is 0 Å². The van der Waals surface area contributed by atoms with Gasteiger partial charge in [-0.15, -0.1) is 10.2 Å². The Hall–Kier alpha value is -2.63. The topological polar surface area (TPSA) is 56.0 Å². The van der Waals surface area contributed by atoms with Gasteiger partial charge < -0.3 is 14.0 Å². The third-order valence-corrected chi connectivity index (χ3v) is 5.33. The van der Waals surface area contributed by atoms with Crippen molar-refractivity contribution in [3.8, 4) is 0 Å². The van der Waals surface area contributed by atoms with Crippen molar-refractivity contribution in [2.75, 3.05) is 6.54 Å². The Labute approximate surface area is 146 Å². The Morgan fingerprint density at radius 1 is 1.20 bits per heavy atom. The zero-order valence-electron chi connectivity index (χ0n) is 14.3. The highest BCUT2D eigenvalue weighted by atomic mass is 16.2. The van der Waals surface area contributed by atoms with Crippen LogP contribution in [0.25, 0.3) is 10.9 Å². The molecule has 1 aliphatic heterocycles. The van der Waals surface area contributed by atoms with Gasteiger partial charge in [0.05, 0.1) is 12.6 Å². The Morgan fingerprint density at radius 2 is 2.04 bits per heavy atom. The van der Waals surface area contributed by atoms with Crippen LogP contribution in [0.5, 0.6) is 0 Å². The summed E-state index contributed by atoms with van der Waals surface area (Å²) in [4.78, 5) is 14.8. The molecule has 2 aromatic heterocycles. The van der Waals surface area contributed by atoms with Crippen molar-refractivity contribution in [3.63, 3.8) is 0 Å². The number of amides is 1. The van der Waals surface area contributed by atoms with Gasteiger partial charge >= 0.3 is 0 Å². The maximum Gasteiger partial charge on any atom is 0.242 e. The molecule has 128 valence electrons. The van der Waals surface area contributed by atoms with Crippen LogP contribution in [-0.2, 0) is 17.9 Å². The van der Waals surface area contributed by atoms with Crippen LogP contribution in [0.1, 0.15) is 43.4 Å². The molecule has 1 saturated carbocycles. The minimum absolute atomic E-state index is 0.135. The van der Waals surface area contributed by atoms with Gasteiger partial charge in [0.2, 0.25) is 5.91 Å². The number of aromatic nitrogens is 4. The van der Waals surface area contributed by atoms with Crippen LogP contribution in [0.4, 0.5) is 0 Å². The van der Waals surface area contributed by atoms with Crippen molar-refractivity contribution in [2.45, 2.75) is 44.8 Å². The highest BCUT2D eigenvalue weighted by molar-refractivity contribution is 5.83. The Bertz CT molecular complexity index is 952. The number of para-hydroxylation sites is 1. The Balaban J connectivity index is 1.37. The van der Waals surface area contributed by atoms with Crippen molar-refractivity contribution < 1.29 is 4.79 Å². The molecule has 0 radical (unpaired) electrons. The summed E-state index contributed by atoms with van der Waals surface area (Å²) in [5.74, 6) is 2.75. The van der Waals surface area contributed by atoms with Crippen LogP contribution < -0.4 is 0 Å². The van der Waals surface area contributed by atoms with Crippen molar-refractivity contribution in [2.24, 2.45) is 0 Å². The first kappa shape index (κ1) is 14.7. The number of carbonyl (C=O) groups excluding carboxylic acids is 1. The van der Waals surface area contributed by atoms with E-state index >= 15 is 0 Å². The SMILES string of the molecule is C[C@H]1CN(C(=O)Cn2ccc3ccccc32)Cc2nnc(C3CC3)n21. The van der Waals surface area contributed by atoms with E-state index in [1.165, 1.54) is 12.8 Å². The van der Waals surface area contributed by atoms with Gasteiger partial charge in [0.15, 0.2) is 5.82 Å². The predicted molar refractivity (Wildman–Crippen MR) is 94.1 cm³/mol. The number of fused-ring (bicyclic) bond motifs is 2. The summed E-state index contributed by atoms with van der Waals surface area (Å²) in [6, 6.07) is 10.4. The number of hydrogen-bond acceptors (Lipinski definition) is 3. The quantitative estimate of drug-likeness (QED) is 0.739. The number of hydrogen-bond donors (Lipinski definition) is 0. The summed E-state index contributed by atoms with van der Waals surface area (Å²) in [6.07, 6.45) is 4.42. The fraction of sp³-hybridized carbons (Fsp3) is 0.421. The van der Waals surface area contributed by atoms with Crippen LogP contribution >= 0.6 is 0 Å². The monoisotopic (exact) mass is 335 g/mol. The zero-order valence-corrected chi connectivity index (χ0v) is 14.3. The van der Waals surface area contributed by atoms with Crippen LogP contribution in [0.15, 0.2) is 36.5 Å². The lowest BCUT2D eigenvalue weighted by Crippen LogP contribution is -2.42. The molecule has 1 aromatic carbocycles. The third kappa shape index (κ3) is 2.44. The molecule has 3 aromatic rings. The standard InChI is InChI=1S/C19H21N5O/c1-13-10-23(11-17-20-21-19(24(13)17)15-6-7-15)18(25)12-22-9-8-14-4-2-3-5-16(14)22/h2-5,8-9,13,15H,6-7,10-12H2,1H3/t13-/m0/s1. The highest BCUT2D eigenvalue weighted by Crippen LogP contribution is 2.41. The van der Waals surface area contributed by atoms with Crippen LogP contribution in [0, 0.1) is 0 Å². The minimum atomic E-state index is 0.135. The van der Waals surface area contributed by atoms with E-state index in [1.807, 2.05) is 27.8 Å². The molecular weight excluding hydrogens is 314 g/mol. The predicted octanol–water partition coefficient (Wildman–Crippen LogP) is 2.71. The van der Waals surface area contributed by atoms with Crippen molar-refractivity contribution in [1.82, 2.24) is 24.2 Å². The second-order valence-corrected chi connectivity index (χ2v) is 7.24. The maximum absolute atomic E-state index is 12.9. The molecule has 25 heavy (non-hydrogen) atoms. The number of rotatable bonds is 3. The lowest BCUT2D eigenvalue weighted by atomic mass is 10.2. The molecule has 0 unspecified atom stereocenters. The lowest BCUT2D eigenvalue weighted by Gasteiger charge is -2.32. The van der Waals surface area contributed by atoms with E-state index in [0.717, 1.165) is 29.1 Å². The fourth-order valence-electron chi connectivity index (χ4n) is 3.90. The molecule has 1 atom stereocenters. The molecule has 5 rings (SSSR count). The average Bonchev–Trinajstić information content (AvgIpc) is 3.24. The van der Waals surface area contributed by atoms with E-state index in [-0.39, 0.29) is 11.9 Å². The summed E-state index contributed by atoms with van der Waals surface area (Å²) in [5.41, 5.74) is 1.10. The molecule has 3 heterocycles. The van der Waals surface area contributed by atoms with Gasteiger partial charge in [-0.1, -0.05) is 18.2 Å². The second-order valence-electron chi connectivity index (χ2n) is 7.24. The number of benzene rings is 1. The third-order valence-electron chi connectivity index (χ3n) is 5.33. The Kier molecular flexibility index (Phi) is 3.20. The number of nitrogens with zero attached hydrogens (tertiary/aromatic N) is 5. The van der Waals surface area contributed by atoms with Crippen molar-refractivity contribution in [1.29, 1.82) is 0 Å². The van der Waals surface area contributed by atoms with Gasteiger partial charge in [-0.2, -0.15) is 0 Å².